The van der Waals surface area contributed by atoms with Gasteiger partial charge in [0.2, 0.25) is 0 Å². The van der Waals surface area contributed by atoms with Crippen molar-refractivity contribution in [3.8, 4) is 5.75 Å². The molecule has 0 radical (unpaired) electrons. The molecule has 0 aliphatic carbocycles. The van der Waals surface area contributed by atoms with Gasteiger partial charge in [-0.2, -0.15) is 0 Å². The van der Waals surface area contributed by atoms with E-state index in [-0.39, 0.29) is 11.6 Å². The van der Waals surface area contributed by atoms with Gasteiger partial charge in [0.25, 0.3) is 0 Å². The first-order valence-electron chi connectivity index (χ1n) is 5.46. The number of hydrogen-bond donors (Lipinski definition) is 1. The summed E-state index contributed by atoms with van der Waals surface area (Å²) in [6, 6.07) is 6.05. The number of furan rings is 1. The van der Waals surface area contributed by atoms with Gasteiger partial charge >= 0.3 is 0 Å². The van der Waals surface area contributed by atoms with E-state index in [4.69, 9.17) is 26.5 Å². The molecule has 2 rings (SSSR count). The van der Waals surface area contributed by atoms with Crippen LogP contribution in [0, 0.1) is 12.7 Å². The Bertz CT molecular complexity index is 554. The number of aryl methyl sites for hydroxylation is 1. The monoisotopic (exact) mass is 269 g/mol. The van der Waals surface area contributed by atoms with E-state index >= 15 is 0 Å². The second-order valence-corrected chi connectivity index (χ2v) is 4.27. The molecular weight excluding hydrogens is 257 g/mol. The molecule has 0 aliphatic rings. The Balaban J connectivity index is 2.04. The van der Waals surface area contributed by atoms with E-state index in [0.29, 0.717) is 18.1 Å². The van der Waals surface area contributed by atoms with Gasteiger partial charge in [0.05, 0.1) is 5.02 Å². The van der Waals surface area contributed by atoms with Crippen LogP contribution in [0.15, 0.2) is 28.7 Å². The first-order chi connectivity index (χ1) is 8.60. The Labute approximate surface area is 109 Å². The summed E-state index contributed by atoms with van der Waals surface area (Å²) >= 11 is 5.65. The van der Waals surface area contributed by atoms with E-state index in [0.717, 1.165) is 11.3 Å². The Hall–Kier alpha value is -1.52. The summed E-state index contributed by atoms with van der Waals surface area (Å²) in [6.45, 7) is 2.53. The maximum absolute atomic E-state index is 12.9. The van der Waals surface area contributed by atoms with Crippen LogP contribution < -0.4 is 10.5 Å². The van der Waals surface area contributed by atoms with Crippen molar-refractivity contribution < 1.29 is 13.5 Å². The molecule has 0 saturated heterocycles. The Kier molecular flexibility index (Phi) is 3.89. The van der Waals surface area contributed by atoms with E-state index in [1.54, 1.807) is 0 Å². The third-order valence-electron chi connectivity index (χ3n) is 2.56. The number of benzene rings is 1. The van der Waals surface area contributed by atoms with Crippen molar-refractivity contribution in [3.05, 3.63) is 52.2 Å². The zero-order valence-corrected chi connectivity index (χ0v) is 10.6. The molecule has 18 heavy (non-hydrogen) atoms. The molecule has 0 unspecified atom stereocenters. The SMILES string of the molecule is Cc1oc(COc2ccc(F)c(Cl)c2)cc1CN. The molecule has 1 heterocycles. The second-order valence-electron chi connectivity index (χ2n) is 3.86. The van der Waals surface area contributed by atoms with Crippen LogP contribution in [0.25, 0.3) is 0 Å². The van der Waals surface area contributed by atoms with Crippen LogP contribution >= 0.6 is 11.6 Å². The fraction of sp³-hybridized carbons (Fsp3) is 0.231. The van der Waals surface area contributed by atoms with Gasteiger partial charge in [0.1, 0.15) is 29.7 Å². The summed E-state index contributed by atoms with van der Waals surface area (Å²) in [7, 11) is 0. The van der Waals surface area contributed by atoms with Crippen LogP contribution in [-0.2, 0) is 13.2 Å². The number of nitrogens with two attached hydrogens (primary N) is 1. The van der Waals surface area contributed by atoms with Crippen molar-refractivity contribution in [2.45, 2.75) is 20.1 Å². The normalized spacial score (nSPS) is 10.7. The molecule has 0 saturated carbocycles. The first kappa shape index (κ1) is 12.9. The molecule has 0 atom stereocenters. The van der Waals surface area contributed by atoms with E-state index in [1.165, 1.54) is 18.2 Å². The lowest BCUT2D eigenvalue weighted by molar-refractivity contribution is 0.267. The highest BCUT2D eigenvalue weighted by Gasteiger charge is 2.07. The molecule has 2 N–H and O–H groups in total. The third-order valence-corrected chi connectivity index (χ3v) is 2.85. The maximum atomic E-state index is 12.9. The van der Waals surface area contributed by atoms with Crippen molar-refractivity contribution in [2.24, 2.45) is 5.73 Å². The van der Waals surface area contributed by atoms with E-state index in [2.05, 4.69) is 0 Å². The summed E-state index contributed by atoms with van der Waals surface area (Å²) in [4.78, 5) is 0. The largest absolute Gasteiger partial charge is 0.486 e. The molecule has 3 nitrogen and oxygen atoms in total. The van der Waals surface area contributed by atoms with Gasteiger partial charge in [-0.05, 0) is 25.1 Å². The minimum atomic E-state index is -0.469. The third kappa shape index (κ3) is 2.83. The van der Waals surface area contributed by atoms with Gasteiger partial charge in [-0.3, -0.25) is 0 Å². The fourth-order valence-electron chi connectivity index (χ4n) is 1.58. The molecular formula is C13H13ClFNO2. The van der Waals surface area contributed by atoms with Crippen molar-refractivity contribution in [3.63, 3.8) is 0 Å². The zero-order valence-electron chi connectivity index (χ0n) is 9.87. The van der Waals surface area contributed by atoms with Crippen molar-refractivity contribution >= 4 is 11.6 Å². The summed E-state index contributed by atoms with van der Waals surface area (Å²) in [5.74, 6) is 1.48. The van der Waals surface area contributed by atoms with Gasteiger partial charge in [-0.1, -0.05) is 11.6 Å². The highest BCUT2D eigenvalue weighted by Crippen LogP contribution is 2.22. The highest BCUT2D eigenvalue weighted by atomic mass is 35.5. The molecule has 5 heteroatoms. The molecule has 1 aromatic carbocycles. The van der Waals surface area contributed by atoms with Gasteiger partial charge in [0.15, 0.2) is 0 Å². The molecule has 0 spiro atoms. The summed E-state index contributed by atoms with van der Waals surface area (Å²) < 4.78 is 23.9. The second kappa shape index (κ2) is 5.42. The van der Waals surface area contributed by atoms with Crippen LogP contribution in [0.4, 0.5) is 4.39 Å². The molecule has 0 fully saturated rings. The average Bonchev–Trinajstić information content (AvgIpc) is 2.71. The summed E-state index contributed by atoms with van der Waals surface area (Å²) in [5.41, 5.74) is 6.50. The quantitative estimate of drug-likeness (QED) is 0.925. The fourth-order valence-corrected chi connectivity index (χ4v) is 1.75. The number of hydrogen-bond acceptors (Lipinski definition) is 3. The molecule has 1 aromatic heterocycles. The van der Waals surface area contributed by atoms with Gasteiger partial charge in [-0.25, -0.2) is 4.39 Å². The minimum absolute atomic E-state index is 0.0331. The standard InChI is InChI=1S/C13H13ClFNO2/c1-8-9(6-16)4-11(18-8)7-17-10-2-3-13(15)12(14)5-10/h2-5H,6-7,16H2,1H3. The van der Waals surface area contributed by atoms with E-state index in [1.807, 2.05) is 13.0 Å². The molecule has 0 bridgehead atoms. The smallest absolute Gasteiger partial charge is 0.146 e. The number of rotatable bonds is 4. The molecule has 0 amide bonds. The predicted octanol–water partition coefficient (Wildman–Crippen LogP) is 3.42. The van der Waals surface area contributed by atoms with Crippen LogP contribution in [0.1, 0.15) is 17.1 Å². The Morgan fingerprint density at radius 3 is 2.78 bits per heavy atom. The van der Waals surface area contributed by atoms with Crippen LogP contribution in [0.5, 0.6) is 5.75 Å². The summed E-state index contributed by atoms with van der Waals surface area (Å²) in [5, 5.41) is 0.0331. The zero-order chi connectivity index (χ0) is 13.1. The van der Waals surface area contributed by atoms with Crippen LogP contribution in [0.2, 0.25) is 5.02 Å². The topological polar surface area (TPSA) is 48.4 Å². The van der Waals surface area contributed by atoms with E-state index < -0.39 is 5.82 Å². The Morgan fingerprint density at radius 2 is 2.17 bits per heavy atom. The van der Waals surface area contributed by atoms with Crippen LogP contribution in [-0.4, -0.2) is 0 Å². The lowest BCUT2D eigenvalue weighted by Gasteiger charge is -2.04. The Morgan fingerprint density at radius 1 is 1.39 bits per heavy atom. The first-order valence-corrected chi connectivity index (χ1v) is 5.84. The van der Waals surface area contributed by atoms with Crippen molar-refractivity contribution in [2.75, 3.05) is 0 Å². The van der Waals surface area contributed by atoms with E-state index in [9.17, 15) is 4.39 Å². The molecule has 0 aliphatic heterocycles. The van der Waals surface area contributed by atoms with Gasteiger partial charge < -0.3 is 14.9 Å². The minimum Gasteiger partial charge on any atom is -0.486 e. The number of halogens is 2. The van der Waals surface area contributed by atoms with Crippen molar-refractivity contribution in [1.29, 1.82) is 0 Å². The highest BCUT2D eigenvalue weighted by molar-refractivity contribution is 6.30. The average molecular weight is 270 g/mol. The molecule has 96 valence electrons. The van der Waals surface area contributed by atoms with Gasteiger partial charge in [-0.15, -0.1) is 0 Å². The maximum Gasteiger partial charge on any atom is 0.146 e. The van der Waals surface area contributed by atoms with Crippen LogP contribution in [0.3, 0.4) is 0 Å². The lowest BCUT2D eigenvalue weighted by Crippen LogP contribution is -1.96. The predicted molar refractivity (Wildman–Crippen MR) is 67.1 cm³/mol. The molecule has 2 aromatic rings. The number of ether oxygens (including phenoxy) is 1. The van der Waals surface area contributed by atoms with Gasteiger partial charge in [0, 0.05) is 18.2 Å². The lowest BCUT2D eigenvalue weighted by atomic mass is 10.2. The summed E-state index contributed by atoms with van der Waals surface area (Å²) in [6.07, 6.45) is 0. The van der Waals surface area contributed by atoms with Crippen molar-refractivity contribution in [1.82, 2.24) is 0 Å².